The van der Waals surface area contributed by atoms with Crippen LogP contribution in [0.2, 0.25) is 5.02 Å². The predicted octanol–water partition coefficient (Wildman–Crippen LogP) is 6.77. The largest absolute Gasteiger partial charge is 0.351 e. The molecule has 4 aromatic rings. The first kappa shape index (κ1) is 22.6. The molecule has 4 nitrogen and oxygen atoms in total. The second-order valence-electron chi connectivity index (χ2n) is 8.54. The smallest absolute Gasteiger partial charge is 0.174 e. The zero-order valence-corrected chi connectivity index (χ0v) is 20.7. The van der Waals surface area contributed by atoms with E-state index in [1.807, 2.05) is 48.5 Å². The van der Waals surface area contributed by atoms with Crippen molar-refractivity contribution in [2.75, 3.05) is 4.90 Å². The number of thiocarbonyl (C=S) groups is 1. The van der Waals surface area contributed by atoms with E-state index in [-0.39, 0.29) is 17.9 Å². The lowest BCUT2D eigenvalue weighted by molar-refractivity contribution is 0.564. The molecule has 0 spiro atoms. The zero-order chi connectivity index (χ0) is 24.0. The van der Waals surface area contributed by atoms with Crippen LogP contribution < -0.4 is 10.2 Å². The molecular formula is C27H24ClFN4S. The van der Waals surface area contributed by atoms with Crippen molar-refractivity contribution in [3.8, 4) is 5.69 Å². The molecule has 1 aliphatic heterocycles. The number of halogens is 2. The van der Waals surface area contributed by atoms with Crippen molar-refractivity contribution in [3.05, 3.63) is 112 Å². The summed E-state index contributed by atoms with van der Waals surface area (Å²) < 4.78 is 16.3. The van der Waals surface area contributed by atoms with Gasteiger partial charge in [0.2, 0.25) is 0 Å². The van der Waals surface area contributed by atoms with Crippen molar-refractivity contribution in [1.29, 1.82) is 0 Å². The minimum Gasteiger partial charge on any atom is -0.351 e. The highest BCUT2D eigenvalue weighted by molar-refractivity contribution is 7.80. The maximum absolute atomic E-state index is 14.1. The molecule has 0 unspecified atom stereocenters. The van der Waals surface area contributed by atoms with Crippen LogP contribution in [-0.4, -0.2) is 14.7 Å². The van der Waals surface area contributed by atoms with Crippen LogP contribution in [0.15, 0.2) is 72.9 Å². The van der Waals surface area contributed by atoms with Gasteiger partial charge in [0, 0.05) is 23.3 Å². The van der Waals surface area contributed by atoms with E-state index in [1.54, 1.807) is 19.2 Å². The second kappa shape index (κ2) is 8.85. The lowest BCUT2D eigenvalue weighted by atomic mass is 9.96. The molecule has 1 N–H and O–H groups in total. The fraction of sp³-hybridized carbons (Fsp3) is 0.185. The molecule has 5 rings (SSSR count). The normalized spacial score (nSPS) is 17.8. The van der Waals surface area contributed by atoms with Gasteiger partial charge in [-0.2, -0.15) is 0 Å². The molecule has 172 valence electrons. The number of aryl methyl sites for hydroxylation is 2. The predicted molar refractivity (Wildman–Crippen MR) is 139 cm³/mol. The van der Waals surface area contributed by atoms with Gasteiger partial charge in [-0.05, 0) is 92.6 Å². The molecule has 0 amide bonds. The number of hydrogen-bond donors (Lipinski definition) is 1. The summed E-state index contributed by atoms with van der Waals surface area (Å²) >= 11 is 12.4. The van der Waals surface area contributed by atoms with Gasteiger partial charge in [-0.1, -0.05) is 29.8 Å². The summed E-state index contributed by atoms with van der Waals surface area (Å²) in [4.78, 5) is 6.69. The van der Waals surface area contributed by atoms with Gasteiger partial charge in [0.15, 0.2) is 5.11 Å². The summed E-state index contributed by atoms with van der Waals surface area (Å²) in [6.45, 7) is 5.93. The maximum Gasteiger partial charge on any atom is 0.174 e. The molecule has 34 heavy (non-hydrogen) atoms. The van der Waals surface area contributed by atoms with E-state index in [0.717, 1.165) is 34.0 Å². The first-order valence-corrected chi connectivity index (χ1v) is 11.9. The van der Waals surface area contributed by atoms with Gasteiger partial charge in [-0.15, -0.1) is 0 Å². The first-order chi connectivity index (χ1) is 16.4. The molecule has 0 saturated carbocycles. The number of rotatable bonds is 4. The van der Waals surface area contributed by atoms with Crippen LogP contribution in [-0.2, 0) is 0 Å². The number of benzene rings is 2. The molecule has 2 atom stereocenters. The molecule has 0 bridgehead atoms. The SMILES string of the molecule is Cc1cc(N2C(=S)N[C@@H](c3ccccn3)[C@@H]2c2cc(C)n(-c3ccccc3Cl)c2C)ccc1F. The molecule has 2 aromatic heterocycles. The van der Waals surface area contributed by atoms with Crippen LogP contribution >= 0.6 is 23.8 Å². The summed E-state index contributed by atoms with van der Waals surface area (Å²) in [7, 11) is 0. The van der Waals surface area contributed by atoms with Gasteiger partial charge in [0.05, 0.1) is 28.5 Å². The molecule has 1 fully saturated rings. The van der Waals surface area contributed by atoms with Gasteiger partial charge in [-0.25, -0.2) is 4.39 Å². The van der Waals surface area contributed by atoms with E-state index >= 15 is 0 Å². The Kier molecular flexibility index (Phi) is 5.88. The standard InChI is InChI=1S/C27H24ClFN4S/c1-16-14-19(11-12-22(16)29)33-26(25(31-27(33)34)23-9-6-7-13-30-23)20-15-17(2)32(18(20)3)24-10-5-4-8-21(24)28/h4-15,25-26H,1-3H3,(H,31,34)/t25-,26-/m0/s1. The highest BCUT2D eigenvalue weighted by Gasteiger charge is 2.42. The maximum atomic E-state index is 14.1. The molecule has 0 radical (unpaired) electrons. The van der Waals surface area contributed by atoms with Crippen molar-refractivity contribution in [3.63, 3.8) is 0 Å². The third-order valence-electron chi connectivity index (χ3n) is 6.40. The Labute approximate surface area is 209 Å². The van der Waals surface area contributed by atoms with E-state index in [4.69, 9.17) is 23.8 Å². The summed E-state index contributed by atoms with van der Waals surface area (Å²) in [5.74, 6) is -0.239. The Bertz CT molecular complexity index is 1380. The number of nitrogens with one attached hydrogen (secondary N) is 1. The number of para-hydroxylation sites is 1. The fourth-order valence-corrected chi connectivity index (χ4v) is 5.38. The van der Waals surface area contributed by atoms with E-state index in [2.05, 4.69) is 39.7 Å². The molecular weight excluding hydrogens is 467 g/mol. The Balaban J connectivity index is 1.70. The third-order valence-corrected chi connectivity index (χ3v) is 7.03. The summed E-state index contributed by atoms with van der Waals surface area (Å²) in [6.07, 6.45) is 1.79. The Hall–Kier alpha value is -3.22. The third kappa shape index (κ3) is 3.77. The summed E-state index contributed by atoms with van der Waals surface area (Å²) in [6, 6.07) is 20.6. The van der Waals surface area contributed by atoms with E-state index in [1.165, 1.54) is 6.07 Å². The summed E-state index contributed by atoms with van der Waals surface area (Å²) in [5, 5.41) is 4.74. The Morgan fingerprint density at radius 2 is 1.76 bits per heavy atom. The van der Waals surface area contributed by atoms with Crippen LogP contribution in [0.3, 0.4) is 0 Å². The molecule has 0 aliphatic carbocycles. The number of aromatic nitrogens is 2. The van der Waals surface area contributed by atoms with Gasteiger partial charge < -0.3 is 14.8 Å². The van der Waals surface area contributed by atoms with E-state index < -0.39 is 0 Å². The van der Waals surface area contributed by atoms with Gasteiger partial charge in [0.25, 0.3) is 0 Å². The highest BCUT2D eigenvalue weighted by atomic mass is 35.5. The zero-order valence-electron chi connectivity index (χ0n) is 19.1. The van der Waals surface area contributed by atoms with E-state index in [9.17, 15) is 4.39 Å². The van der Waals surface area contributed by atoms with Crippen molar-refractivity contribution < 1.29 is 4.39 Å². The van der Waals surface area contributed by atoms with Crippen LogP contribution in [0.5, 0.6) is 0 Å². The van der Waals surface area contributed by atoms with Crippen molar-refractivity contribution >= 4 is 34.6 Å². The van der Waals surface area contributed by atoms with Crippen LogP contribution in [0, 0.1) is 26.6 Å². The number of nitrogens with zero attached hydrogens (tertiary/aromatic N) is 3. The highest BCUT2D eigenvalue weighted by Crippen LogP contribution is 2.44. The Morgan fingerprint density at radius 3 is 2.47 bits per heavy atom. The van der Waals surface area contributed by atoms with Crippen LogP contribution in [0.1, 0.15) is 40.3 Å². The molecule has 3 heterocycles. The van der Waals surface area contributed by atoms with Crippen molar-refractivity contribution in [1.82, 2.24) is 14.9 Å². The van der Waals surface area contributed by atoms with Gasteiger partial charge >= 0.3 is 0 Å². The average Bonchev–Trinajstić information content (AvgIpc) is 3.32. The fourth-order valence-electron chi connectivity index (χ4n) is 4.82. The minimum atomic E-state index is -0.239. The lowest BCUT2D eigenvalue weighted by Crippen LogP contribution is -2.29. The minimum absolute atomic E-state index is 0.181. The molecule has 7 heteroatoms. The monoisotopic (exact) mass is 490 g/mol. The van der Waals surface area contributed by atoms with Crippen molar-refractivity contribution in [2.45, 2.75) is 32.9 Å². The molecule has 1 saturated heterocycles. The first-order valence-electron chi connectivity index (χ1n) is 11.1. The van der Waals surface area contributed by atoms with Crippen LogP contribution in [0.25, 0.3) is 5.69 Å². The van der Waals surface area contributed by atoms with Gasteiger partial charge in [0.1, 0.15) is 5.82 Å². The van der Waals surface area contributed by atoms with Gasteiger partial charge in [-0.3, -0.25) is 4.98 Å². The summed E-state index contributed by atoms with van der Waals surface area (Å²) in [5.41, 5.74) is 6.45. The molecule has 1 aliphatic rings. The number of anilines is 1. The lowest BCUT2D eigenvalue weighted by Gasteiger charge is -2.28. The molecule has 2 aromatic carbocycles. The van der Waals surface area contributed by atoms with E-state index in [0.29, 0.717) is 15.7 Å². The Morgan fingerprint density at radius 1 is 1.00 bits per heavy atom. The average molecular weight is 491 g/mol. The number of hydrogen-bond acceptors (Lipinski definition) is 2. The van der Waals surface area contributed by atoms with Crippen LogP contribution in [0.4, 0.5) is 10.1 Å². The quantitative estimate of drug-likeness (QED) is 0.320. The number of pyridine rings is 1. The second-order valence-corrected chi connectivity index (χ2v) is 9.34. The van der Waals surface area contributed by atoms with Crippen molar-refractivity contribution in [2.24, 2.45) is 0 Å². The topological polar surface area (TPSA) is 33.1 Å².